The van der Waals surface area contributed by atoms with Gasteiger partial charge in [-0.1, -0.05) is 12.8 Å². The zero-order valence-electron chi connectivity index (χ0n) is 10.7. The van der Waals surface area contributed by atoms with Crippen molar-refractivity contribution >= 4 is 6.21 Å². The van der Waals surface area contributed by atoms with Crippen molar-refractivity contribution < 1.29 is 4.74 Å². The summed E-state index contributed by atoms with van der Waals surface area (Å²) in [5.41, 5.74) is 0.822. The molecule has 0 heterocycles. The summed E-state index contributed by atoms with van der Waals surface area (Å²) in [6.07, 6.45) is 6.56. The van der Waals surface area contributed by atoms with Crippen molar-refractivity contribution in [2.24, 2.45) is 5.92 Å². The molecule has 0 unspecified atom stereocenters. The summed E-state index contributed by atoms with van der Waals surface area (Å²) in [6, 6.07) is 7.72. The smallest absolute Gasteiger partial charge is 0.120 e. The van der Waals surface area contributed by atoms with Crippen molar-refractivity contribution in [2.45, 2.75) is 45.1 Å². The summed E-state index contributed by atoms with van der Waals surface area (Å²) in [6.45, 7) is 4.31. The van der Waals surface area contributed by atoms with Crippen LogP contribution in [-0.2, 0) is 0 Å². The van der Waals surface area contributed by atoms with Crippen LogP contribution in [0.1, 0.15) is 45.1 Å². The van der Waals surface area contributed by atoms with E-state index in [0.29, 0.717) is 0 Å². The van der Waals surface area contributed by atoms with E-state index in [1.165, 1.54) is 25.5 Å². The minimum Gasteiger partial charge on any atom is -0.488 e. The highest BCUT2D eigenvalue weighted by Gasteiger charge is 2.26. The van der Waals surface area contributed by atoms with E-state index in [1.54, 1.807) is 0 Å². The Morgan fingerprint density at radius 3 is 2.47 bits per heavy atom. The van der Waals surface area contributed by atoms with Gasteiger partial charge in [0.2, 0.25) is 0 Å². The SMILES string of the molecule is CC(C)(CCC1CC1)Oc1ccc(C=N)cc1. The summed E-state index contributed by atoms with van der Waals surface area (Å²) >= 11 is 0. The summed E-state index contributed by atoms with van der Waals surface area (Å²) in [5.74, 6) is 1.86. The first-order chi connectivity index (χ1) is 8.09. The maximum Gasteiger partial charge on any atom is 0.120 e. The summed E-state index contributed by atoms with van der Waals surface area (Å²) in [4.78, 5) is 0. The minimum absolute atomic E-state index is 0.0885. The normalized spacial score (nSPS) is 15.6. The van der Waals surface area contributed by atoms with Crippen LogP contribution in [0, 0.1) is 11.3 Å². The van der Waals surface area contributed by atoms with E-state index >= 15 is 0 Å². The van der Waals surface area contributed by atoms with Gasteiger partial charge in [0.1, 0.15) is 11.4 Å². The van der Waals surface area contributed by atoms with Gasteiger partial charge < -0.3 is 10.1 Å². The Morgan fingerprint density at radius 1 is 1.29 bits per heavy atom. The van der Waals surface area contributed by atoms with Crippen LogP contribution in [-0.4, -0.2) is 11.8 Å². The molecule has 1 saturated carbocycles. The molecule has 0 saturated heterocycles. The maximum absolute atomic E-state index is 7.15. The summed E-state index contributed by atoms with van der Waals surface area (Å²) in [7, 11) is 0. The highest BCUT2D eigenvalue weighted by Crippen LogP contribution is 2.36. The monoisotopic (exact) mass is 231 g/mol. The van der Waals surface area contributed by atoms with E-state index in [1.807, 2.05) is 24.3 Å². The quantitative estimate of drug-likeness (QED) is 0.737. The number of ether oxygens (including phenoxy) is 1. The first kappa shape index (κ1) is 12.2. The average Bonchev–Trinajstić information content (AvgIpc) is 3.11. The zero-order valence-corrected chi connectivity index (χ0v) is 10.7. The first-order valence-corrected chi connectivity index (χ1v) is 6.39. The predicted octanol–water partition coefficient (Wildman–Crippen LogP) is 4.03. The molecule has 0 atom stereocenters. The lowest BCUT2D eigenvalue weighted by Crippen LogP contribution is -2.28. The molecular weight excluding hydrogens is 210 g/mol. The van der Waals surface area contributed by atoms with Crippen LogP contribution in [0.2, 0.25) is 0 Å². The van der Waals surface area contributed by atoms with Crippen LogP contribution in [0.3, 0.4) is 0 Å². The molecule has 0 aromatic heterocycles. The van der Waals surface area contributed by atoms with Crippen molar-refractivity contribution in [3.8, 4) is 5.75 Å². The molecule has 1 fully saturated rings. The predicted molar refractivity (Wildman–Crippen MR) is 71.0 cm³/mol. The minimum atomic E-state index is -0.0885. The topological polar surface area (TPSA) is 33.1 Å². The number of rotatable bonds is 6. The second-order valence-corrected chi connectivity index (χ2v) is 5.56. The molecule has 2 heteroatoms. The number of hydrogen-bond acceptors (Lipinski definition) is 2. The first-order valence-electron chi connectivity index (χ1n) is 6.39. The third-order valence-corrected chi connectivity index (χ3v) is 3.29. The van der Waals surface area contributed by atoms with Gasteiger partial charge in [-0.15, -0.1) is 0 Å². The van der Waals surface area contributed by atoms with Crippen molar-refractivity contribution in [3.63, 3.8) is 0 Å². The lowest BCUT2D eigenvalue weighted by atomic mass is 10.0. The molecule has 0 spiro atoms. The van der Waals surface area contributed by atoms with E-state index in [0.717, 1.165) is 23.7 Å². The fourth-order valence-electron chi connectivity index (χ4n) is 1.96. The Bertz CT molecular complexity index is 376. The van der Waals surface area contributed by atoms with E-state index in [2.05, 4.69) is 13.8 Å². The summed E-state index contributed by atoms with van der Waals surface area (Å²) < 4.78 is 6.00. The van der Waals surface area contributed by atoms with Gasteiger partial charge in [0, 0.05) is 6.21 Å². The van der Waals surface area contributed by atoms with Gasteiger partial charge in [-0.3, -0.25) is 0 Å². The maximum atomic E-state index is 7.15. The Morgan fingerprint density at radius 2 is 1.94 bits per heavy atom. The van der Waals surface area contributed by atoms with Crippen LogP contribution < -0.4 is 4.74 Å². The summed E-state index contributed by atoms with van der Waals surface area (Å²) in [5, 5.41) is 7.15. The van der Waals surface area contributed by atoms with Gasteiger partial charge in [-0.05, 0) is 62.4 Å². The average molecular weight is 231 g/mol. The van der Waals surface area contributed by atoms with E-state index in [9.17, 15) is 0 Å². The standard InChI is InChI=1S/C15H21NO/c1-15(2,10-9-12-3-4-12)17-14-7-5-13(11-16)6-8-14/h5-8,11-12,16H,3-4,9-10H2,1-2H3. The molecule has 2 nitrogen and oxygen atoms in total. The van der Waals surface area contributed by atoms with Crippen LogP contribution in [0.15, 0.2) is 24.3 Å². The highest BCUT2D eigenvalue weighted by molar-refractivity contribution is 5.76. The van der Waals surface area contributed by atoms with Crippen LogP contribution in [0.25, 0.3) is 0 Å². The lowest BCUT2D eigenvalue weighted by molar-refractivity contribution is 0.0951. The van der Waals surface area contributed by atoms with E-state index < -0.39 is 0 Å². The van der Waals surface area contributed by atoms with Crippen LogP contribution in [0.4, 0.5) is 0 Å². The molecule has 0 radical (unpaired) electrons. The molecule has 0 bridgehead atoms. The molecule has 92 valence electrons. The third-order valence-electron chi connectivity index (χ3n) is 3.29. The van der Waals surface area contributed by atoms with Gasteiger partial charge >= 0.3 is 0 Å². The van der Waals surface area contributed by atoms with Gasteiger partial charge in [0.05, 0.1) is 0 Å². The Balaban J connectivity index is 1.89. The van der Waals surface area contributed by atoms with Gasteiger partial charge in [0.15, 0.2) is 0 Å². The largest absolute Gasteiger partial charge is 0.488 e. The van der Waals surface area contributed by atoms with Crippen molar-refractivity contribution in [2.75, 3.05) is 0 Å². The third kappa shape index (κ3) is 3.88. The van der Waals surface area contributed by atoms with Gasteiger partial charge in [-0.2, -0.15) is 0 Å². The number of nitrogens with one attached hydrogen (secondary N) is 1. The van der Waals surface area contributed by atoms with E-state index in [4.69, 9.17) is 10.1 Å². The highest BCUT2D eigenvalue weighted by atomic mass is 16.5. The second kappa shape index (κ2) is 4.91. The molecule has 1 aliphatic carbocycles. The molecule has 2 rings (SSSR count). The number of benzene rings is 1. The molecule has 0 aliphatic heterocycles. The number of hydrogen-bond donors (Lipinski definition) is 1. The molecule has 1 aliphatic rings. The fourth-order valence-corrected chi connectivity index (χ4v) is 1.96. The Labute approximate surface area is 104 Å². The van der Waals surface area contributed by atoms with Gasteiger partial charge in [-0.25, -0.2) is 0 Å². The van der Waals surface area contributed by atoms with Crippen molar-refractivity contribution in [1.82, 2.24) is 0 Å². The van der Waals surface area contributed by atoms with Crippen molar-refractivity contribution in [3.05, 3.63) is 29.8 Å². The lowest BCUT2D eigenvalue weighted by Gasteiger charge is -2.26. The molecule has 17 heavy (non-hydrogen) atoms. The Hall–Kier alpha value is -1.31. The van der Waals surface area contributed by atoms with Crippen LogP contribution >= 0.6 is 0 Å². The van der Waals surface area contributed by atoms with E-state index in [-0.39, 0.29) is 5.60 Å². The Kier molecular flexibility index (Phi) is 3.51. The molecular formula is C15H21NO. The molecule has 1 aromatic carbocycles. The van der Waals surface area contributed by atoms with Gasteiger partial charge in [0.25, 0.3) is 0 Å². The molecule has 1 N–H and O–H groups in total. The zero-order chi connectivity index (χ0) is 12.3. The molecule has 1 aromatic rings. The molecule has 0 amide bonds. The second-order valence-electron chi connectivity index (χ2n) is 5.56. The van der Waals surface area contributed by atoms with Crippen molar-refractivity contribution in [1.29, 1.82) is 5.41 Å². The van der Waals surface area contributed by atoms with Crippen LogP contribution in [0.5, 0.6) is 5.75 Å². The fraction of sp³-hybridized carbons (Fsp3) is 0.533.